The van der Waals surface area contributed by atoms with Gasteiger partial charge in [-0.2, -0.15) is 0 Å². The molecule has 0 amide bonds. The van der Waals surface area contributed by atoms with Gasteiger partial charge >= 0.3 is 0 Å². The van der Waals surface area contributed by atoms with Crippen LogP contribution in [0.2, 0.25) is 0 Å². The molecule has 0 aliphatic rings. The smallest absolute Gasteiger partial charge is 0.0705 e. The molecule has 0 saturated heterocycles. The number of nitrogens with zero attached hydrogens (tertiary/aromatic N) is 1. The molecule has 1 aromatic heterocycles. The Labute approximate surface area is 135 Å². The molecule has 1 heterocycles. The van der Waals surface area contributed by atoms with Gasteiger partial charge in [-0.05, 0) is 30.2 Å². The molecule has 3 heteroatoms. The summed E-state index contributed by atoms with van der Waals surface area (Å²) in [5.74, 6) is 0. The van der Waals surface area contributed by atoms with Gasteiger partial charge in [0.1, 0.15) is 0 Å². The van der Waals surface area contributed by atoms with Crippen molar-refractivity contribution in [1.29, 1.82) is 0 Å². The fourth-order valence-corrected chi connectivity index (χ4v) is 3.27. The van der Waals surface area contributed by atoms with Crippen molar-refractivity contribution < 1.29 is 0 Å². The lowest BCUT2D eigenvalue weighted by Gasteiger charge is -2.11. The summed E-state index contributed by atoms with van der Waals surface area (Å²) in [6.45, 7) is 0. The Morgan fingerprint density at radius 3 is 2.50 bits per heavy atom. The van der Waals surface area contributed by atoms with Crippen molar-refractivity contribution in [2.24, 2.45) is 0 Å². The summed E-state index contributed by atoms with van der Waals surface area (Å²) in [4.78, 5) is 4.95. The van der Waals surface area contributed by atoms with Crippen LogP contribution in [0.4, 0.5) is 0 Å². The molecule has 0 radical (unpaired) electrons. The Kier molecular flexibility index (Phi) is 4.18. The number of hydrogen-bond acceptors (Lipinski definition) is 1. The first kappa shape index (κ1) is 13.8. The normalized spacial score (nSPS) is 12.5. The van der Waals surface area contributed by atoms with Gasteiger partial charge in [-0.25, -0.2) is 0 Å². The molecule has 0 aliphatic carbocycles. The van der Waals surface area contributed by atoms with Gasteiger partial charge < -0.3 is 0 Å². The van der Waals surface area contributed by atoms with Crippen LogP contribution in [0.1, 0.15) is 16.1 Å². The number of rotatable bonds is 3. The van der Waals surface area contributed by atoms with Gasteiger partial charge in [0.25, 0.3) is 0 Å². The highest BCUT2D eigenvalue weighted by Crippen LogP contribution is 2.29. The largest absolute Gasteiger partial charge is 0.252 e. The number of aromatic nitrogens is 1. The summed E-state index contributed by atoms with van der Waals surface area (Å²) in [5.41, 5.74) is 3.39. The van der Waals surface area contributed by atoms with Gasteiger partial charge in [0.2, 0.25) is 0 Å². The average molecular weight is 391 g/mol. The van der Waals surface area contributed by atoms with E-state index in [9.17, 15) is 0 Å². The van der Waals surface area contributed by atoms with Crippen LogP contribution in [0.5, 0.6) is 0 Å². The van der Waals surface area contributed by atoms with Crippen molar-refractivity contribution in [3.63, 3.8) is 0 Å². The lowest BCUT2D eigenvalue weighted by Crippen LogP contribution is -1.99. The van der Waals surface area contributed by atoms with E-state index in [0.717, 1.165) is 22.1 Å². The Bertz CT molecular complexity index is 740. The molecule has 100 valence electrons. The fourth-order valence-electron chi connectivity index (χ4n) is 2.22. The van der Waals surface area contributed by atoms with Crippen molar-refractivity contribution in [3.8, 4) is 0 Å². The van der Waals surface area contributed by atoms with Crippen LogP contribution in [0.25, 0.3) is 10.9 Å². The van der Waals surface area contributed by atoms with E-state index in [-0.39, 0.29) is 4.83 Å². The minimum Gasteiger partial charge on any atom is -0.252 e. The molecule has 0 saturated carbocycles. The third kappa shape index (κ3) is 2.94. The number of benzene rings is 2. The van der Waals surface area contributed by atoms with Crippen LogP contribution in [0, 0.1) is 0 Å². The summed E-state index contributed by atoms with van der Waals surface area (Å²) < 4.78 is 1.14. The number of pyridine rings is 1. The van der Waals surface area contributed by atoms with Gasteiger partial charge in [-0.15, -0.1) is 0 Å². The first-order valence-electron chi connectivity index (χ1n) is 6.47. The maximum absolute atomic E-state index is 4.74. The van der Waals surface area contributed by atoms with Gasteiger partial charge in [0, 0.05) is 9.86 Å². The van der Waals surface area contributed by atoms with E-state index < -0.39 is 0 Å². The zero-order valence-electron chi connectivity index (χ0n) is 10.8. The summed E-state index contributed by atoms with van der Waals surface area (Å²) in [5, 5.41) is 1.18. The molecule has 0 N–H and O–H groups in total. The van der Waals surface area contributed by atoms with Crippen LogP contribution in [0.15, 0.2) is 65.1 Å². The highest BCUT2D eigenvalue weighted by Gasteiger charge is 2.12. The summed E-state index contributed by atoms with van der Waals surface area (Å²) in [6, 6.07) is 20.7. The molecule has 1 unspecified atom stereocenters. The summed E-state index contributed by atoms with van der Waals surface area (Å²) in [6.07, 6.45) is 0.909. The highest BCUT2D eigenvalue weighted by molar-refractivity contribution is 9.10. The Balaban J connectivity index is 1.89. The quantitative estimate of drug-likeness (QED) is 0.524. The lowest BCUT2D eigenvalue weighted by atomic mass is 10.1. The van der Waals surface area contributed by atoms with Crippen LogP contribution in [-0.2, 0) is 6.42 Å². The van der Waals surface area contributed by atoms with E-state index in [1.165, 1.54) is 10.9 Å². The predicted octanol–water partition coefficient (Wildman–Crippen LogP) is 5.68. The highest BCUT2D eigenvalue weighted by atomic mass is 79.9. The zero-order valence-corrected chi connectivity index (χ0v) is 13.9. The van der Waals surface area contributed by atoms with Crippen molar-refractivity contribution in [3.05, 3.63) is 76.4 Å². The van der Waals surface area contributed by atoms with Crippen LogP contribution in [0.3, 0.4) is 0 Å². The van der Waals surface area contributed by atoms with E-state index in [4.69, 9.17) is 4.98 Å². The first-order chi connectivity index (χ1) is 9.74. The molecule has 20 heavy (non-hydrogen) atoms. The first-order valence-corrected chi connectivity index (χ1v) is 8.18. The van der Waals surface area contributed by atoms with Gasteiger partial charge in [0.15, 0.2) is 0 Å². The second kappa shape index (κ2) is 6.06. The van der Waals surface area contributed by atoms with Crippen molar-refractivity contribution in [2.45, 2.75) is 11.2 Å². The average Bonchev–Trinajstić information content (AvgIpc) is 2.49. The SMILES string of the molecule is Brc1ccccc1CC(Br)c1ccc2ccccc2n1. The predicted molar refractivity (Wildman–Crippen MR) is 91.3 cm³/mol. The third-order valence-electron chi connectivity index (χ3n) is 3.30. The molecule has 1 atom stereocenters. The molecule has 3 aromatic rings. The second-order valence-corrected chi connectivity index (χ2v) is 6.65. The topological polar surface area (TPSA) is 12.9 Å². The number of fused-ring (bicyclic) bond motifs is 1. The second-order valence-electron chi connectivity index (χ2n) is 4.69. The van der Waals surface area contributed by atoms with Crippen molar-refractivity contribution >= 4 is 42.8 Å². The van der Waals surface area contributed by atoms with Gasteiger partial charge in [-0.1, -0.05) is 74.3 Å². The summed E-state index contributed by atoms with van der Waals surface area (Å²) >= 11 is 7.36. The van der Waals surface area contributed by atoms with Crippen LogP contribution >= 0.6 is 31.9 Å². The molecule has 0 bridgehead atoms. The monoisotopic (exact) mass is 389 g/mol. The zero-order chi connectivity index (χ0) is 13.9. The number of hydrogen-bond donors (Lipinski definition) is 0. The standard InChI is InChI=1S/C17H13Br2N/c18-14-7-3-1-6-13(14)11-15(19)17-10-9-12-5-2-4-8-16(12)20-17/h1-10,15H,11H2. The minimum absolute atomic E-state index is 0.214. The molecular formula is C17H13Br2N. The number of para-hydroxylation sites is 1. The number of alkyl halides is 1. The van der Waals surface area contributed by atoms with E-state index in [1.807, 2.05) is 18.2 Å². The molecule has 0 fully saturated rings. The molecule has 1 nitrogen and oxygen atoms in total. The van der Waals surface area contributed by atoms with Gasteiger partial charge in [-0.3, -0.25) is 4.98 Å². The molecule has 0 aliphatic heterocycles. The Hall–Kier alpha value is -1.19. The lowest BCUT2D eigenvalue weighted by molar-refractivity contribution is 0.908. The van der Waals surface area contributed by atoms with Crippen LogP contribution < -0.4 is 0 Å². The van der Waals surface area contributed by atoms with E-state index in [0.29, 0.717) is 0 Å². The Morgan fingerprint density at radius 2 is 1.65 bits per heavy atom. The molecular weight excluding hydrogens is 378 g/mol. The van der Waals surface area contributed by atoms with E-state index in [2.05, 4.69) is 74.3 Å². The minimum atomic E-state index is 0.214. The maximum atomic E-state index is 4.74. The summed E-state index contributed by atoms with van der Waals surface area (Å²) in [7, 11) is 0. The van der Waals surface area contributed by atoms with Crippen molar-refractivity contribution in [2.75, 3.05) is 0 Å². The van der Waals surface area contributed by atoms with Crippen molar-refractivity contribution in [1.82, 2.24) is 4.98 Å². The fraction of sp³-hybridized carbons (Fsp3) is 0.118. The van der Waals surface area contributed by atoms with Crippen LogP contribution in [-0.4, -0.2) is 4.98 Å². The molecule has 3 rings (SSSR count). The Morgan fingerprint density at radius 1 is 0.900 bits per heavy atom. The molecule has 0 spiro atoms. The van der Waals surface area contributed by atoms with E-state index in [1.54, 1.807) is 0 Å². The maximum Gasteiger partial charge on any atom is 0.0705 e. The molecule has 2 aromatic carbocycles. The van der Waals surface area contributed by atoms with E-state index >= 15 is 0 Å². The van der Waals surface area contributed by atoms with Gasteiger partial charge in [0.05, 0.1) is 16.0 Å². The number of halogens is 2. The third-order valence-corrected chi connectivity index (χ3v) is 4.86.